The van der Waals surface area contributed by atoms with Crippen LogP contribution in [0.2, 0.25) is 0 Å². The summed E-state index contributed by atoms with van der Waals surface area (Å²) in [5.41, 5.74) is -0.245. The van der Waals surface area contributed by atoms with Gasteiger partial charge in [-0.25, -0.2) is 0 Å². The minimum atomic E-state index is -0.245. The van der Waals surface area contributed by atoms with E-state index < -0.39 is 0 Å². The van der Waals surface area contributed by atoms with Gasteiger partial charge in [0.05, 0.1) is 0 Å². The Balaban J connectivity index is 2.32. The van der Waals surface area contributed by atoms with Gasteiger partial charge in [0.1, 0.15) is 6.61 Å². The highest BCUT2D eigenvalue weighted by Gasteiger charge is 2.34. The molecule has 118 valence electrons. The Morgan fingerprint density at radius 1 is 1.35 bits per heavy atom. The molecule has 1 fully saturated rings. The Hall–Kier alpha value is -0.650. The van der Waals surface area contributed by atoms with Crippen LogP contribution in [0.4, 0.5) is 0 Å². The van der Waals surface area contributed by atoms with Crippen molar-refractivity contribution in [2.75, 3.05) is 40.0 Å². The molecule has 0 spiro atoms. The van der Waals surface area contributed by atoms with Gasteiger partial charge in [-0.2, -0.15) is 0 Å². The summed E-state index contributed by atoms with van der Waals surface area (Å²) in [5, 5.41) is 12.3. The van der Waals surface area contributed by atoms with E-state index in [1.165, 1.54) is 0 Å². The van der Waals surface area contributed by atoms with Gasteiger partial charge in [-0.15, -0.1) is 0 Å². The number of aliphatic hydroxyl groups excluding tert-OH is 1. The number of likely N-dealkylation sites (tertiary alicyclic amines) is 1. The first-order chi connectivity index (χ1) is 9.62. The van der Waals surface area contributed by atoms with Crippen LogP contribution < -0.4 is 5.32 Å². The summed E-state index contributed by atoms with van der Waals surface area (Å²) >= 11 is 0. The summed E-state index contributed by atoms with van der Waals surface area (Å²) in [4.78, 5) is 14.2. The fourth-order valence-corrected chi connectivity index (χ4v) is 2.65. The highest BCUT2D eigenvalue weighted by Crippen LogP contribution is 2.24. The Labute approximate surface area is 122 Å². The standard InChI is InChI=1S/C15H30N2O3/c1-3-4-5-12-20-13-14(19)16-15(8-11-18)6-9-17(2)10-7-15/h18H,3-13H2,1-2H3,(H,16,19). The molecular weight excluding hydrogens is 256 g/mol. The molecule has 0 radical (unpaired) electrons. The normalized spacial score (nSPS) is 18.9. The second kappa shape index (κ2) is 9.32. The van der Waals surface area contributed by atoms with Crippen molar-refractivity contribution in [1.82, 2.24) is 10.2 Å². The third kappa shape index (κ3) is 6.20. The molecule has 1 amide bonds. The molecule has 1 saturated heterocycles. The average molecular weight is 286 g/mol. The van der Waals surface area contributed by atoms with Gasteiger partial charge in [0.2, 0.25) is 5.91 Å². The van der Waals surface area contributed by atoms with Gasteiger partial charge in [0.25, 0.3) is 0 Å². The number of carbonyl (C=O) groups is 1. The molecule has 2 N–H and O–H groups in total. The lowest BCUT2D eigenvalue weighted by atomic mass is 9.84. The second-order valence-electron chi connectivity index (χ2n) is 5.87. The van der Waals surface area contributed by atoms with Crippen LogP contribution in [0.15, 0.2) is 0 Å². The van der Waals surface area contributed by atoms with E-state index in [2.05, 4.69) is 24.2 Å². The van der Waals surface area contributed by atoms with E-state index in [1.54, 1.807) is 0 Å². The number of unbranched alkanes of at least 4 members (excludes halogenated alkanes) is 2. The van der Waals surface area contributed by atoms with Gasteiger partial charge in [-0.05, 0) is 32.7 Å². The van der Waals surface area contributed by atoms with Crippen LogP contribution in [0.25, 0.3) is 0 Å². The van der Waals surface area contributed by atoms with Crippen LogP contribution in [0.3, 0.4) is 0 Å². The van der Waals surface area contributed by atoms with Crippen molar-refractivity contribution in [1.29, 1.82) is 0 Å². The topological polar surface area (TPSA) is 61.8 Å². The van der Waals surface area contributed by atoms with Crippen LogP contribution in [-0.4, -0.2) is 61.4 Å². The molecule has 1 aliphatic rings. The van der Waals surface area contributed by atoms with Crippen molar-refractivity contribution in [2.24, 2.45) is 0 Å². The zero-order chi connectivity index (χ0) is 14.8. The molecule has 0 bridgehead atoms. The fourth-order valence-electron chi connectivity index (χ4n) is 2.65. The Morgan fingerprint density at radius 3 is 2.65 bits per heavy atom. The maximum absolute atomic E-state index is 12.0. The van der Waals surface area contributed by atoms with Crippen molar-refractivity contribution in [3.05, 3.63) is 0 Å². The zero-order valence-corrected chi connectivity index (χ0v) is 13.0. The number of rotatable bonds is 9. The third-order valence-electron chi connectivity index (χ3n) is 4.06. The first kappa shape index (κ1) is 17.4. The molecule has 0 aliphatic carbocycles. The molecule has 1 aliphatic heterocycles. The smallest absolute Gasteiger partial charge is 0.246 e. The largest absolute Gasteiger partial charge is 0.396 e. The number of nitrogens with one attached hydrogen (secondary N) is 1. The maximum Gasteiger partial charge on any atom is 0.246 e. The Morgan fingerprint density at radius 2 is 2.05 bits per heavy atom. The van der Waals surface area contributed by atoms with E-state index in [1.807, 2.05) is 0 Å². The molecule has 0 atom stereocenters. The summed E-state index contributed by atoms with van der Waals surface area (Å²) in [6, 6.07) is 0. The van der Waals surface area contributed by atoms with Crippen molar-refractivity contribution < 1.29 is 14.6 Å². The van der Waals surface area contributed by atoms with Crippen LogP contribution in [0.5, 0.6) is 0 Å². The van der Waals surface area contributed by atoms with E-state index in [9.17, 15) is 9.90 Å². The van der Waals surface area contributed by atoms with Crippen LogP contribution in [0, 0.1) is 0 Å². The Bertz CT molecular complexity index is 276. The molecule has 0 aromatic rings. The van der Waals surface area contributed by atoms with Crippen molar-refractivity contribution in [3.8, 4) is 0 Å². The summed E-state index contributed by atoms with van der Waals surface area (Å²) < 4.78 is 5.40. The van der Waals surface area contributed by atoms with Crippen molar-refractivity contribution >= 4 is 5.91 Å². The summed E-state index contributed by atoms with van der Waals surface area (Å²) in [6.07, 6.45) is 5.72. The minimum absolute atomic E-state index is 0.0560. The first-order valence-corrected chi connectivity index (χ1v) is 7.80. The van der Waals surface area contributed by atoms with Gasteiger partial charge in [0.15, 0.2) is 0 Å². The van der Waals surface area contributed by atoms with Gasteiger partial charge >= 0.3 is 0 Å². The van der Waals surface area contributed by atoms with Crippen LogP contribution in [0.1, 0.15) is 45.4 Å². The third-order valence-corrected chi connectivity index (χ3v) is 4.06. The molecule has 5 nitrogen and oxygen atoms in total. The van der Waals surface area contributed by atoms with Crippen LogP contribution >= 0.6 is 0 Å². The van der Waals surface area contributed by atoms with Crippen molar-refractivity contribution in [3.63, 3.8) is 0 Å². The van der Waals surface area contributed by atoms with E-state index >= 15 is 0 Å². The molecule has 0 aromatic heterocycles. The highest BCUT2D eigenvalue weighted by atomic mass is 16.5. The summed E-state index contributed by atoms with van der Waals surface area (Å²) in [7, 11) is 2.08. The van der Waals surface area contributed by atoms with Gasteiger partial charge in [-0.3, -0.25) is 4.79 Å². The molecule has 0 aromatic carbocycles. The number of hydrogen-bond donors (Lipinski definition) is 2. The molecule has 1 heterocycles. The van der Waals surface area contributed by atoms with Gasteiger partial charge in [0, 0.05) is 31.8 Å². The molecule has 0 saturated carbocycles. The molecule has 5 heteroatoms. The monoisotopic (exact) mass is 286 g/mol. The molecule has 1 rings (SSSR count). The lowest BCUT2D eigenvalue weighted by Crippen LogP contribution is -2.55. The first-order valence-electron chi connectivity index (χ1n) is 7.80. The lowest BCUT2D eigenvalue weighted by molar-refractivity contribution is -0.128. The lowest BCUT2D eigenvalue weighted by Gasteiger charge is -2.41. The molecular formula is C15H30N2O3. The number of hydrogen-bond acceptors (Lipinski definition) is 4. The number of amides is 1. The van der Waals surface area contributed by atoms with Crippen molar-refractivity contribution in [2.45, 2.75) is 51.0 Å². The highest BCUT2D eigenvalue weighted by molar-refractivity contribution is 5.78. The van der Waals surface area contributed by atoms with Gasteiger partial charge in [-0.1, -0.05) is 19.8 Å². The number of piperidine rings is 1. The predicted molar refractivity (Wildman–Crippen MR) is 79.7 cm³/mol. The summed E-state index contributed by atoms with van der Waals surface area (Å²) in [5.74, 6) is -0.0560. The van der Waals surface area contributed by atoms with E-state index in [-0.39, 0.29) is 24.7 Å². The average Bonchev–Trinajstić information content (AvgIpc) is 2.42. The number of carbonyl (C=O) groups excluding carboxylic acids is 1. The molecule has 20 heavy (non-hydrogen) atoms. The predicted octanol–water partition coefficient (Wildman–Crippen LogP) is 1.16. The maximum atomic E-state index is 12.0. The van der Waals surface area contributed by atoms with Crippen LogP contribution in [-0.2, 0) is 9.53 Å². The number of ether oxygens (including phenoxy) is 1. The van der Waals surface area contributed by atoms with E-state index in [0.717, 1.165) is 45.2 Å². The second-order valence-corrected chi connectivity index (χ2v) is 5.87. The fraction of sp³-hybridized carbons (Fsp3) is 0.933. The van der Waals surface area contributed by atoms with Gasteiger partial charge < -0.3 is 20.1 Å². The minimum Gasteiger partial charge on any atom is -0.396 e. The zero-order valence-electron chi connectivity index (χ0n) is 13.0. The molecule has 0 unspecified atom stereocenters. The number of nitrogens with zero attached hydrogens (tertiary/aromatic N) is 1. The van der Waals surface area contributed by atoms with E-state index in [4.69, 9.17) is 4.74 Å². The SMILES string of the molecule is CCCCCOCC(=O)NC1(CCO)CCN(C)CC1. The quantitative estimate of drug-likeness (QED) is 0.624. The number of aliphatic hydroxyl groups is 1. The Kier molecular flexibility index (Phi) is 8.11. The van der Waals surface area contributed by atoms with E-state index in [0.29, 0.717) is 13.0 Å². The summed E-state index contributed by atoms with van der Waals surface area (Å²) in [6.45, 7) is 4.95.